The van der Waals surface area contributed by atoms with E-state index in [-0.39, 0.29) is 0 Å². The largest absolute Gasteiger partial charge is 0.349 e. The Morgan fingerprint density at radius 1 is 1.33 bits per heavy atom. The molecule has 3 nitrogen and oxygen atoms in total. The fourth-order valence-electron chi connectivity index (χ4n) is 3.24. The maximum absolute atomic E-state index is 4.21. The Morgan fingerprint density at radius 3 is 3.10 bits per heavy atom. The first-order chi connectivity index (χ1) is 10.4. The quantitative estimate of drug-likeness (QED) is 0.848. The minimum atomic E-state index is 0.539. The Kier molecular flexibility index (Phi) is 4.71. The summed E-state index contributed by atoms with van der Waals surface area (Å²) in [6, 6.07) is 4.69. The Hall–Kier alpha value is -1.61. The highest BCUT2D eigenvalue weighted by molar-refractivity contribution is 5.30. The van der Waals surface area contributed by atoms with Gasteiger partial charge in [0.05, 0.1) is 0 Å². The smallest absolute Gasteiger partial charge is 0.0485 e. The Bertz CT molecular complexity index is 559. The van der Waals surface area contributed by atoms with Crippen LogP contribution in [-0.2, 0) is 13.0 Å². The van der Waals surface area contributed by atoms with Crippen molar-refractivity contribution in [2.45, 2.75) is 51.6 Å². The second-order valence-corrected chi connectivity index (χ2v) is 6.02. The van der Waals surface area contributed by atoms with Crippen LogP contribution in [0.4, 0.5) is 0 Å². The van der Waals surface area contributed by atoms with Crippen LogP contribution in [0, 0.1) is 0 Å². The summed E-state index contributed by atoms with van der Waals surface area (Å²) >= 11 is 0. The third-order valence-electron chi connectivity index (χ3n) is 4.29. The summed E-state index contributed by atoms with van der Waals surface area (Å²) in [5, 5.41) is 3.72. The van der Waals surface area contributed by atoms with Crippen molar-refractivity contribution in [3.8, 4) is 0 Å². The molecule has 0 bridgehead atoms. The van der Waals surface area contributed by atoms with Gasteiger partial charge in [-0.15, -0.1) is 0 Å². The molecule has 3 heteroatoms. The van der Waals surface area contributed by atoms with E-state index in [2.05, 4.69) is 40.3 Å². The van der Waals surface area contributed by atoms with Gasteiger partial charge in [0.25, 0.3) is 0 Å². The monoisotopic (exact) mass is 283 g/mol. The van der Waals surface area contributed by atoms with Crippen molar-refractivity contribution in [2.75, 3.05) is 6.54 Å². The van der Waals surface area contributed by atoms with Crippen molar-refractivity contribution in [1.82, 2.24) is 14.9 Å². The number of aryl methyl sites for hydroxylation is 1. The number of nitrogens with zero attached hydrogens (tertiary/aromatic N) is 2. The van der Waals surface area contributed by atoms with E-state index < -0.39 is 0 Å². The van der Waals surface area contributed by atoms with Gasteiger partial charge in [-0.3, -0.25) is 4.98 Å². The zero-order valence-corrected chi connectivity index (χ0v) is 12.9. The van der Waals surface area contributed by atoms with Gasteiger partial charge in [0.15, 0.2) is 0 Å². The number of hydrogen-bond acceptors (Lipinski definition) is 2. The standard InChI is InChI=1S/C18H25N3/c1-2-9-20-18-8-4-3-7-16-13-21(14-17(16)18)12-15-6-5-10-19-11-15/h5-6,10-11,13-14,18,20H,2-4,7-9,12H2,1H3. The van der Waals surface area contributed by atoms with E-state index in [1.165, 1.54) is 48.8 Å². The van der Waals surface area contributed by atoms with Crippen LogP contribution >= 0.6 is 0 Å². The highest BCUT2D eigenvalue weighted by atomic mass is 15.0. The SMILES string of the molecule is CCCNC1CCCCc2cn(Cc3cccnc3)cc21. The lowest BCUT2D eigenvalue weighted by Gasteiger charge is -2.16. The average Bonchev–Trinajstić information content (AvgIpc) is 2.81. The van der Waals surface area contributed by atoms with Crippen LogP contribution in [-0.4, -0.2) is 16.1 Å². The molecule has 0 spiro atoms. The molecule has 1 N–H and O–H groups in total. The van der Waals surface area contributed by atoms with Gasteiger partial charge in [-0.2, -0.15) is 0 Å². The molecule has 0 amide bonds. The summed E-state index contributed by atoms with van der Waals surface area (Å²) in [5.41, 5.74) is 4.32. The van der Waals surface area contributed by atoms with E-state index in [4.69, 9.17) is 0 Å². The summed E-state index contributed by atoms with van der Waals surface area (Å²) in [6.07, 6.45) is 14.8. The van der Waals surface area contributed by atoms with Crippen molar-refractivity contribution in [2.24, 2.45) is 0 Å². The van der Waals surface area contributed by atoms with Gasteiger partial charge in [0, 0.05) is 37.4 Å². The molecule has 0 radical (unpaired) electrons. The Morgan fingerprint density at radius 2 is 2.29 bits per heavy atom. The van der Waals surface area contributed by atoms with E-state index in [0.717, 1.165) is 13.1 Å². The molecular formula is C18H25N3. The van der Waals surface area contributed by atoms with Crippen molar-refractivity contribution in [3.63, 3.8) is 0 Å². The molecule has 2 aromatic heterocycles. The minimum absolute atomic E-state index is 0.539. The predicted octanol–water partition coefficient (Wildman–Crippen LogP) is 3.70. The second kappa shape index (κ2) is 6.90. The first kappa shape index (κ1) is 14.3. The molecule has 0 aromatic carbocycles. The number of fused-ring (bicyclic) bond motifs is 1. The lowest BCUT2D eigenvalue weighted by molar-refractivity contribution is 0.488. The van der Waals surface area contributed by atoms with Gasteiger partial charge in [-0.1, -0.05) is 19.4 Å². The van der Waals surface area contributed by atoms with Crippen molar-refractivity contribution < 1.29 is 0 Å². The van der Waals surface area contributed by atoms with E-state index >= 15 is 0 Å². The van der Waals surface area contributed by atoms with Gasteiger partial charge >= 0.3 is 0 Å². The topological polar surface area (TPSA) is 29.9 Å². The van der Waals surface area contributed by atoms with Crippen LogP contribution in [0.2, 0.25) is 0 Å². The highest BCUT2D eigenvalue weighted by Gasteiger charge is 2.19. The number of aromatic nitrogens is 2. The number of hydrogen-bond donors (Lipinski definition) is 1. The van der Waals surface area contributed by atoms with Gasteiger partial charge in [0.1, 0.15) is 0 Å². The molecule has 21 heavy (non-hydrogen) atoms. The molecule has 1 atom stereocenters. The van der Waals surface area contributed by atoms with E-state index in [0.29, 0.717) is 6.04 Å². The Balaban J connectivity index is 1.79. The van der Waals surface area contributed by atoms with Crippen LogP contribution in [0.5, 0.6) is 0 Å². The van der Waals surface area contributed by atoms with Gasteiger partial charge < -0.3 is 9.88 Å². The normalized spacial score (nSPS) is 18.2. The fraction of sp³-hybridized carbons (Fsp3) is 0.500. The predicted molar refractivity (Wildman–Crippen MR) is 86.4 cm³/mol. The molecule has 0 saturated carbocycles. The zero-order valence-electron chi connectivity index (χ0n) is 12.9. The number of rotatable bonds is 5. The van der Waals surface area contributed by atoms with Gasteiger partial charge in [-0.05, 0) is 55.0 Å². The molecule has 2 aromatic rings. The van der Waals surface area contributed by atoms with E-state index in [1.807, 2.05) is 18.5 Å². The van der Waals surface area contributed by atoms with Gasteiger partial charge in [0.2, 0.25) is 0 Å². The summed E-state index contributed by atoms with van der Waals surface area (Å²) < 4.78 is 2.33. The van der Waals surface area contributed by atoms with Gasteiger partial charge in [-0.25, -0.2) is 0 Å². The molecule has 1 aliphatic rings. The molecule has 2 heterocycles. The molecule has 1 aliphatic carbocycles. The summed E-state index contributed by atoms with van der Waals surface area (Å²) in [6.45, 7) is 4.26. The Labute approximate surface area is 127 Å². The van der Waals surface area contributed by atoms with E-state index in [9.17, 15) is 0 Å². The molecule has 3 rings (SSSR count). The molecule has 0 aliphatic heterocycles. The van der Waals surface area contributed by atoms with Crippen molar-refractivity contribution in [3.05, 3.63) is 53.6 Å². The van der Waals surface area contributed by atoms with Crippen molar-refractivity contribution in [1.29, 1.82) is 0 Å². The van der Waals surface area contributed by atoms with E-state index in [1.54, 1.807) is 0 Å². The lowest BCUT2D eigenvalue weighted by Crippen LogP contribution is -2.21. The fourth-order valence-corrected chi connectivity index (χ4v) is 3.24. The molecule has 0 fully saturated rings. The summed E-state index contributed by atoms with van der Waals surface area (Å²) in [5.74, 6) is 0. The van der Waals surface area contributed by atoms with Crippen LogP contribution in [0.1, 0.15) is 55.3 Å². The van der Waals surface area contributed by atoms with Crippen molar-refractivity contribution >= 4 is 0 Å². The summed E-state index contributed by atoms with van der Waals surface area (Å²) in [7, 11) is 0. The lowest BCUT2D eigenvalue weighted by atomic mass is 10.0. The maximum Gasteiger partial charge on any atom is 0.0485 e. The van der Waals surface area contributed by atoms with Crippen LogP contribution < -0.4 is 5.32 Å². The molecular weight excluding hydrogens is 258 g/mol. The molecule has 112 valence electrons. The minimum Gasteiger partial charge on any atom is -0.349 e. The number of nitrogens with one attached hydrogen (secondary N) is 1. The zero-order chi connectivity index (χ0) is 14.5. The van der Waals surface area contributed by atoms with Crippen LogP contribution in [0.15, 0.2) is 36.9 Å². The van der Waals surface area contributed by atoms with Crippen LogP contribution in [0.3, 0.4) is 0 Å². The maximum atomic E-state index is 4.21. The third-order valence-corrected chi connectivity index (χ3v) is 4.29. The molecule has 1 unspecified atom stereocenters. The third kappa shape index (κ3) is 3.53. The first-order valence-corrected chi connectivity index (χ1v) is 8.17. The summed E-state index contributed by atoms with van der Waals surface area (Å²) in [4.78, 5) is 4.21. The average molecular weight is 283 g/mol. The van der Waals surface area contributed by atoms with Crippen LogP contribution in [0.25, 0.3) is 0 Å². The first-order valence-electron chi connectivity index (χ1n) is 8.17. The highest BCUT2D eigenvalue weighted by Crippen LogP contribution is 2.29. The second-order valence-electron chi connectivity index (χ2n) is 6.02. The number of pyridine rings is 1. The molecule has 0 saturated heterocycles.